The Morgan fingerprint density at radius 3 is 2.58 bits per heavy atom. The van der Waals surface area contributed by atoms with Crippen molar-refractivity contribution in [3.63, 3.8) is 0 Å². The molecule has 0 aliphatic rings. The van der Waals surface area contributed by atoms with E-state index in [-0.39, 0.29) is 38.6 Å². The Balaban J connectivity index is 1.77. The fourth-order valence-corrected chi connectivity index (χ4v) is 4.05. The molecule has 0 atom stereocenters. The molecular formula is C22H14ClFN2O4S. The Kier molecular flexibility index (Phi) is 5.67. The monoisotopic (exact) mass is 456 g/mol. The number of phenols is 2. The summed E-state index contributed by atoms with van der Waals surface area (Å²) in [7, 11) is 0. The van der Waals surface area contributed by atoms with Crippen molar-refractivity contribution in [1.29, 1.82) is 0 Å². The Hall–Kier alpha value is -3.36. The third kappa shape index (κ3) is 4.12. The number of phenolic OH excluding ortho intramolecular Hbond substituents is 2. The number of Topliss-reactive ketones (excluding diaryl/α,β-unsaturated/α-hetero) is 1. The van der Waals surface area contributed by atoms with Crippen LogP contribution < -0.4 is 5.56 Å². The minimum absolute atomic E-state index is 0.0933. The molecule has 2 N–H and O–H groups in total. The standard InChI is InChI=1S/C22H14ClFN2O4S/c23-15-10-13(6-7-16(15)24)26-21(30)14-3-1-2-4-17(14)25-22(26)31-11-20(29)12-5-8-18(27)19(28)9-12/h1-10,27-28H,11H2. The summed E-state index contributed by atoms with van der Waals surface area (Å²) in [5.41, 5.74) is 0.578. The highest BCUT2D eigenvalue weighted by Crippen LogP contribution is 2.28. The number of para-hydroxylation sites is 1. The van der Waals surface area contributed by atoms with E-state index in [1.807, 2.05) is 0 Å². The zero-order valence-electron chi connectivity index (χ0n) is 15.8. The van der Waals surface area contributed by atoms with Gasteiger partial charge in [0.2, 0.25) is 0 Å². The van der Waals surface area contributed by atoms with Gasteiger partial charge in [0.05, 0.1) is 27.4 Å². The van der Waals surface area contributed by atoms with Crippen molar-refractivity contribution in [3.05, 3.63) is 87.4 Å². The van der Waals surface area contributed by atoms with Crippen LogP contribution in [-0.4, -0.2) is 31.3 Å². The lowest BCUT2D eigenvalue weighted by Crippen LogP contribution is -2.22. The number of fused-ring (bicyclic) bond motifs is 1. The molecule has 6 nitrogen and oxygen atoms in total. The van der Waals surface area contributed by atoms with Crippen LogP contribution in [0.2, 0.25) is 5.02 Å². The molecule has 31 heavy (non-hydrogen) atoms. The fraction of sp³-hybridized carbons (Fsp3) is 0.0455. The van der Waals surface area contributed by atoms with E-state index in [4.69, 9.17) is 11.6 Å². The second-order valence-corrected chi connectivity index (χ2v) is 7.92. The van der Waals surface area contributed by atoms with Crippen LogP contribution in [0.1, 0.15) is 10.4 Å². The van der Waals surface area contributed by atoms with Gasteiger partial charge in [-0.05, 0) is 48.5 Å². The van der Waals surface area contributed by atoms with Crippen molar-refractivity contribution in [3.8, 4) is 17.2 Å². The lowest BCUT2D eigenvalue weighted by Gasteiger charge is -2.13. The molecule has 0 amide bonds. The Labute approximate surface area is 184 Å². The van der Waals surface area contributed by atoms with E-state index >= 15 is 0 Å². The molecule has 4 aromatic rings. The quantitative estimate of drug-likeness (QED) is 0.198. The molecule has 0 spiro atoms. The molecule has 1 heterocycles. The SMILES string of the molecule is O=C(CSc1nc2ccccc2c(=O)n1-c1ccc(F)c(Cl)c1)c1ccc(O)c(O)c1. The number of hydrogen-bond donors (Lipinski definition) is 2. The number of benzene rings is 3. The maximum Gasteiger partial charge on any atom is 0.266 e. The summed E-state index contributed by atoms with van der Waals surface area (Å²) in [5, 5.41) is 19.5. The summed E-state index contributed by atoms with van der Waals surface area (Å²) >= 11 is 6.92. The van der Waals surface area contributed by atoms with E-state index in [2.05, 4.69) is 4.98 Å². The largest absolute Gasteiger partial charge is 0.504 e. The van der Waals surface area contributed by atoms with Crippen LogP contribution >= 0.6 is 23.4 Å². The minimum Gasteiger partial charge on any atom is -0.504 e. The second-order valence-electron chi connectivity index (χ2n) is 6.57. The number of carbonyl (C=O) groups excluding carboxylic acids is 1. The molecule has 0 saturated heterocycles. The van der Waals surface area contributed by atoms with Crippen LogP contribution in [0.5, 0.6) is 11.5 Å². The van der Waals surface area contributed by atoms with E-state index in [1.54, 1.807) is 24.3 Å². The number of carbonyl (C=O) groups is 1. The van der Waals surface area contributed by atoms with Gasteiger partial charge in [0.25, 0.3) is 5.56 Å². The Bertz CT molecular complexity index is 1390. The lowest BCUT2D eigenvalue weighted by atomic mass is 10.1. The lowest BCUT2D eigenvalue weighted by molar-refractivity contribution is 0.102. The highest BCUT2D eigenvalue weighted by Gasteiger charge is 2.17. The van der Waals surface area contributed by atoms with Crippen molar-refractivity contribution in [1.82, 2.24) is 9.55 Å². The van der Waals surface area contributed by atoms with E-state index in [9.17, 15) is 24.2 Å². The maximum absolute atomic E-state index is 13.6. The van der Waals surface area contributed by atoms with Gasteiger partial charge in [0, 0.05) is 5.56 Å². The predicted octanol–water partition coefficient (Wildman–Crippen LogP) is 4.56. The molecule has 0 radical (unpaired) electrons. The van der Waals surface area contributed by atoms with Gasteiger partial charge in [-0.1, -0.05) is 35.5 Å². The first-order valence-electron chi connectivity index (χ1n) is 9.00. The maximum atomic E-state index is 13.6. The minimum atomic E-state index is -0.622. The Morgan fingerprint density at radius 2 is 1.84 bits per heavy atom. The first-order valence-corrected chi connectivity index (χ1v) is 10.4. The average molecular weight is 457 g/mol. The normalized spacial score (nSPS) is 11.0. The van der Waals surface area contributed by atoms with Crippen LogP contribution in [0, 0.1) is 5.82 Å². The smallest absolute Gasteiger partial charge is 0.266 e. The number of halogens is 2. The van der Waals surface area contributed by atoms with Crippen molar-refractivity contribution in [2.45, 2.75) is 5.16 Å². The van der Waals surface area contributed by atoms with E-state index in [0.29, 0.717) is 16.6 Å². The highest BCUT2D eigenvalue weighted by atomic mass is 35.5. The van der Waals surface area contributed by atoms with E-state index < -0.39 is 11.6 Å². The molecule has 0 aliphatic heterocycles. The molecular weight excluding hydrogens is 443 g/mol. The van der Waals surface area contributed by atoms with Crippen LogP contribution in [0.4, 0.5) is 4.39 Å². The summed E-state index contributed by atoms with van der Waals surface area (Å²) in [6, 6.07) is 14.4. The number of hydrogen-bond acceptors (Lipinski definition) is 6. The summed E-state index contributed by atoms with van der Waals surface area (Å²) in [6.45, 7) is 0. The van der Waals surface area contributed by atoms with Crippen molar-refractivity contribution in [2.24, 2.45) is 0 Å². The topological polar surface area (TPSA) is 92.4 Å². The molecule has 9 heteroatoms. The fourth-order valence-electron chi connectivity index (χ4n) is 2.97. The number of aromatic nitrogens is 2. The molecule has 4 rings (SSSR count). The molecule has 0 fully saturated rings. The number of aromatic hydroxyl groups is 2. The number of rotatable bonds is 5. The molecule has 0 unspecified atom stereocenters. The summed E-state index contributed by atoms with van der Waals surface area (Å²) in [6.07, 6.45) is 0. The van der Waals surface area contributed by atoms with Crippen molar-refractivity contribution < 1.29 is 19.4 Å². The van der Waals surface area contributed by atoms with Crippen LogP contribution in [0.15, 0.2) is 70.6 Å². The number of thioether (sulfide) groups is 1. The van der Waals surface area contributed by atoms with Crippen LogP contribution in [0.25, 0.3) is 16.6 Å². The summed E-state index contributed by atoms with van der Waals surface area (Å²) < 4.78 is 14.9. The third-order valence-electron chi connectivity index (χ3n) is 4.54. The molecule has 1 aromatic heterocycles. The summed E-state index contributed by atoms with van der Waals surface area (Å²) in [4.78, 5) is 30.3. The number of nitrogens with zero attached hydrogens (tertiary/aromatic N) is 2. The van der Waals surface area contributed by atoms with Gasteiger partial charge in [-0.3, -0.25) is 14.2 Å². The first kappa shape index (κ1) is 20.9. The zero-order valence-corrected chi connectivity index (χ0v) is 17.3. The van der Waals surface area contributed by atoms with Crippen molar-refractivity contribution >= 4 is 40.0 Å². The van der Waals surface area contributed by atoms with Gasteiger partial charge in [-0.2, -0.15) is 0 Å². The van der Waals surface area contributed by atoms with Crippen LogP contribution in [-0.2, 0) is 0 Å². The third-order valence-corrected chi connectivity index (χ3v) is 5.76. The molecule has 156 valence electrons. The Morgan fingerprint density at radius 1 is 1.06 bits per heavy atom. The van der Waals surface area contributed by atoms with Crippen molar-refractivity contribution in [2.75, 3.05) is 5.75 Å². The van der Waals surface area contributed by atoms with E-state index in [0.717, 1.165) is 17.8 Å². The van der Waals surface area contributed by atoms with Gasteiger partial charge in [-0.15, -0.1) is 0 Å². The summed E-state index contributed by atoms with van der Waals surface area (Å²) in [5.74, 6) is -1.79. The first-order chi connectivity index (χ1) is 14.8. The van der Waals surface area contributed by atoms with Gasteiger partial charge in [0.1, 0.15) is 5.82 Å². The van der Waals surface area contributed by atoms with E-state index in [1.165, 1.54) is 34.9 Å². The van der Waals surface area contributed by atoms with Gasteiger partial charge in [0.15, 0.2) is 22.4 Å². The zero-order chi connectivity index (χ0) is 22.1. The number of ketones is 1. The molecule has 0 bridgehead atoms. The van der Waals surface area contributed by atoms with Gasteiger partial charge >= 0.3 is 0 Å². The molecule has 0 saturated carbocycles. The van der Waals surface area contributed by atoms with Crippen LogP contribution in [0.3, 0.4) is 0 Å². The van der Waals surface area contributed by atoms with Gasteiger partial charge in [-0.25, -0.2) is 9.37 Å². The highest BCUT2D eigenvalue weighted by molar-refractivity contribution is 7.99. The van der Waals surface area contributed by atoms with Gasteiger partial charge < -0.3 is 10.2 Å². The predicted molar refractivity (Wildman–Crippen MR) is 117 cm³/mol. The second kappa shape index (κ2) is 8.41. The average Bonchev–Trinajstić information content (AvgIpc) is 2.76. The molecule has 0 aliphatic carbocycles. The molecule has 3 aromatic carbocycles.